The van der Waals surface area contributed by atoms with E-state index in [1.807, 2.05) is 6.07 Å². The van der Waals surface area contributed by atoms with E-state index >= 15 is 0 Å². The Hall–Kier alpha value is -3.10. The van der Waals surface area contributed by atoms with Gasteiger partial charge in [0.2, 0.25) is 5.76 Å². The van der Waals surface area contributed by atoms with Crippen molar-refractivity contribution in [2.75, 3.05) is 12.4 Å². The number of carbonyl (C=O) groups is 1. The van der Waals surface area contributed by atoms with Gasteiger partial charge in [-0.2, -0.15) is 5.21 Å². The highest BCUT2D eigenvalue weighted by atomic mass is 16.5. The Morgan fingerprint density at radius 2 is 2.15 bits per heavy atom. The highest BCUT2D eigenvalue weighted by Crippen LogP contribution is 2.38. The molecule has 1 saturated carbocycles. The Labute approximate surface area is 149 Å². The Kier molecular flexibility index (Phi) is 4.42. The van der Waals surface area contributed by atoms with Gasteiger partial charge in [-0.1, -0.05) is 11.5 Å². The smallest absolute Gasteiger partial charge is 0.297 e. The molecule has 1 aliphatic carbocycles. The summed E-state index contributed by atoms with van der Waals surface area (Å²) in [5, 5.41) is 16.4. The van der Waals surface area contributed by atoms with E-state index in [-0.39, 0.29) is 17.8 Å². The van der Waals surface area contributed by atoms with Gasteiger partial charge in [-0.05, 0) is 49.1 Å². The summed E-state index contributed by atoms with van der Waals surface area (Å²) in [5.41, 5.74) is 0.551. The fourth-order valence-electron chi connectivity index (χ4n) is 3.17. The van der Waals surface area contributed by atoms with Crippen molar-refractivity contribution in [3.8, 4) is 11.5 Å². The van der Waals surface area contributed by atoms with Crippen LogP contribution in [-0.2, 0) is 0 Å². The normalized spacial score (nSPS) is 15.1. The van der Waals surface area contributed by atoms with Crippen LogP contribution in [-0.4, -0.2) is 39.7 Å². The lowest BCUT2D eigenvalue weighted by Crippen LogP contribution is -2.21. The molecule has 0 saturated heterocycles. The van der Waals surface area contributed by atoms with Crippen LogP contribution in [0.1, 0.15) is 42.7 Å². The molecule has 0 radical (unpaired) electrons. The molecule has 0 bridgehead atoms. The number of nitrogens with zero attached hydrogens (tertiary/aromatic N) is 3. The van der Waals surface area contributed by atoms with Gasteiger partial charge in [-0.3, -0.25) is 10.1 Å². The van der Waals surface area contributed by atoms with Crippen molar-refractivity contribution in [3.63, 3.8) is 0 Å². The van der Waals surface area contributed by atoms with E-state index < -0.39 is 5.91 Å². The van der Waals surface area contributed by atoms with Crippen LogP contribution in [0.3, 0.4) is 0 Å². The highest BCUT2D eigenvalue weighted by Gasteiger charge is 2.26. The minimum absolute atomic E-state index is 0.0625. The molecular formula is C17H19N5O4. The van der Waals surface area contributed by atoms with Gasteiger partial charge in [0.1, 0.15) is 11.3 Å². The molecule has 0 unspecified atom stereocenters. The number of tetrazole rings is 1. The molecule has 1 amide bonds. The molecule has 9 nitrogen and oxygen atoms in total. The van der Waals surface area contributed by atoms with E-state index in [4.69, 9.17) is 13.9 Å². The van der Waals surface area contributed by atoms with Gasteiger partial charge >= 0.3 is 0 Å². The Balaban J connectivity index is 1.71. The first-order valence-corrected chi connectivity index (χ1v) is 8.56. The van der Waals surface area contributed by atoms with E-state index in [9.17, 15) is 4.79 Å². The van der Waals surface area contributed by atoms with Crippen molar-refractivity contribution >= 4 is 22.8 Å². The summed E-state index contributed by atoms with van der Waals surface area (Å²) in [7, 11) is 1.59. The predicted octanol–water partition coefficient (Wildman–Crippen LogP) is 2.92. The maximum Gasteiger partial charge on any atom is 0.297 e. The maximum absolute atomic E-state index is 12.7. The number of aromatic nitrogens is 4. The maximum atomic E-state index is 12.7. The molecule has 0 spiro atoms. The van der Waals surface area contributed by atoms with Crippen molar-refractivity contribution in [2.45, 2.75) is 38.2 Å². The summed E-state index contributed by atoms with van der Waals surface area (Å²) >= 11 is 0. The van der Waals surface area contributed by atoms with Gasteiger partial charge in [-0.25, -0.2) is 0 Å². The molecule has 4 rings (SSSR count). The molecule has 2 aromatic heterocycles. The van der Waals surface area contributed by atoms with E-state index in [1.54, 1.807) is 19.2 Å². The van der Waals surface area contributed by atoms with Crippen LogP contribution in [0.25, 0.3) is 11.0 Å². The molecule has 3 aromatic rings. The summed E-state index contributed by atoms with van der Waals surface area (Å²) in [6.45, 7) is 0. The molecule has 2 heterocycles. The Morgan fingerprint density at radius 1 is 1.31 bits per heavy atom. The quantitative estimate of drug-likeness (QED) is 0.721. The summed E-state index contributed by atoms with van der Waals surface area (Å²) in [6.07, 6.45) is 5.44. The number of anilines is 1. The number of methoxy groups -OCH3 is 1. The standard InChI is InChI=1S/C17H19N5O4/c1-24-11-7-8-13-12(9-11)14(25-10-5-3-2-4-6-10)15(26-13)16(23)18-17-19-21-22-20-17/h7-10H,2-6H2,1H3,(H2,18,19,20,21,22,23). The van der Waals surface area contributed by atoms with Crippen LogP contribution >= 0.6 is 0 Å². The van der Waals surface area contributed by atoms with Crippen LogP contribution in [0.5, 0.6) is 11.5 Å². The lowest BCUT2D eigenvalue weighted by molar-refractivity contribution is 0.0981. The van der Waals surface area contributed by atoms with Gasteiger partial charge in [-0.15, -0.1) is 5.10 Å². The summed E-state index contributed by atoms with van der Waals surface area (Å²) in [4.78, 5) is 12.7. The second-order valence-electron chi connectivity index (χ2n) is 6.19. The number of fused-ring (bicyclic) bond motifs is 1. The third-order valence-electron chi connectivity index (χ3n) is 4.46. The number of hydrogen-bond donors (Lipinski definition) is 2. The third kappa shape index (κ3) is 3.19. The first-order chi connectivity index (χ1) is 12.7. The van der Waals surface area contributed by atoms with Crippen molar-refractivity contribution in [1.82, 2.24) is 20.6 Å². The van der Waals surface area contributed by atoms with Crippen LogP contribution in [0.4, 0.5) is 5.95 Å². The highest BCUT2D eigenvalue weighted by molar-refractivity contribution is 6.07. The van der Waals surface area contributed by atoms with Crippen LogP contribution in [0, 0.1) is 0 Å². The van der Waals surface area contributed by atoms with Gasteiger partial charge in [0, 0.05) is 0 Å². The van der Waals surface area contributed by atoms with Crippen molar-refractivity contribution in [3.05, 3.63) is 24.0 Å². The molecule has 0 aliphatic heterocycles. The number of H-pyrrole nitrogens is 1. The SMILES string of the molecule is COc1ccc2oc(C(=O)Nc3nn[nH]n3)c(OC3CCCCC3)c2c1. The molecule has 9 heteroatoms. The number of nitrogens with one attached hydrogen (secondary N) is 2. The Bertz CT molecular complexity index is 899. The molecular weight excluding hydrogens is 338 g/mol. The summed E-state index contributed by atoms with van der Waals surface area (Å²) in [6, 6.07) is 5.34. The molecule has 136 valence electrons. The predicted molar refractivity (Wildman–Crippen MR) is 92.4 cm³/mol. The van der Waals surface area contributed by atoms with Crippen molar-refractivity contribution in [2.24, 2.45) is 0 Å². The second kappa shape index (κ2) is 7.03. The number of furan rings is 1. The molecule has 1 aromatic carbocycles. The van der Waals surface area contributed by atoms with Gasteiger partial charge < -0.3 is 13.9 Å². The van der Waals surface area contributed by atoms with Crippen LogP contribution in [0.15, 0.2) is 22.6 Å². The van der Waals surface area contributed by atoms with Gasteiger partial charge in [0.05, 0.1) is 18.6 Å². The Morgan fingerprint density at radius 3 is 2.88 bits per heavy atom. The van der Waals surface area contributed by atoms with Gasteiger partial charge in [0.15, 0.2) is 5.75 Å². The first kappa shape index (κ1) is 16.4. The number of hydrogen-bond acceptors (Lipinski definition) is 7. The zero-order valence-corrected chi connectivity index (χ0v) is 14.3. The van der Waals surface area contributed by atoms with E-state index in [2.05, 4.69) is 25.9 Å². The largest absolute Gasteiger partial charge is 0.497 e. The number of carbonyl (C=O) groups excluding carboxylic acids is 1. The molecule has 0 atom stereocenters. The first-order valence-electron chi connectivity index (χ1n) is 8.56. The van der Waals surface area contributed by atoms with E-state index in [0.29, 0.717) is 22.5 Å². The number of ether oxygens (including phenoxy) is 2. The van der Waals surface area contributed by atoms with Crippen molar-refractivity contribution < 1.29 is 18.7 Å². The minimum Gasteiger partial charge on any atom is -0.497 e. The molecule has 26 heavy (non-hydrogen) atoms. The molecule has 1 fully saturated rings. The summed E-state index contributed by atoms with van der Waals surface area (Å²) < 4.78 is 17.3. The number of amides is 1. The third-order valence-corrected chi connectivity index (χ3v) is 4.46. The molecule has 1 aliphatic rings. The van der Waals surface area contributed by atoms with Crippen LogP contribution < -0.4 is 14.8 Å². The second-order valence-corrected chi connectivity index (χ2v) is 6.19. The zero-order chi connectivity index (χ0) is 17.9. The topological polar surface area (TPSA) is 115 Å². The lowest BCUT2D eigenvalue weighted by Gasteiger charge is -2.22. The zero-order valence-electron chi connectivity index (χ0n) is 14.3. The summed E-state index contributed by atoms with van der Waals surface area (Å²) in [5.74, 6) is 0.747. The number of aromatic amines is 1. The monoisotopic (exact) mass is 357 g/mol. The molecule has 2 N–H and O–H groups in total. The minimum atomic E-state index is -0.493. The van der Waals surface area contributed by atoms with Gasteiger partial charge in [0.25, 0.3) is 11.9 Å². The van der Waals surface area contributed by atoms with E-state index in [0.717, 1.165) is 25.7 Å². The average molecular weight is 357 g/mol. The fraction of sp³-hybridized carbons (Fsp3) is 0.412. The average Bonchev–Trinajstić information content (AvgIpc) is 3.30. The van der Waals surface area contributed by atoms with Crippen molar-refractivity contribution in [1.29, 1.82) is 0 Å². The number of benzene rings is 1. The van der Waals surface area contributed by atoms with Crippen LogP contribution in [0.2, 0.25) is 0 Å². The fourth-order valence-corrected chi connectivity index (χ4v) is 3.17. The van der Waals surface area contributed by atoms with E-state index in [1.165, 1.54) is 6.42 Å². The number of rotatable bonds is 5. The lowest BCUT2D eigenvalue weighted by atomic mass is 9.98.